The van der Waals surface area contributed by atoms with Crippen LogP contribution in [0.2, 0.25) is 0 Å². The monoisotopic (exact) mass is 431 g/mol. The Hall–Kier alpha value is -3.25. The summed E-state index contributed by atoms with van der Waals surface area (Å²) in [5.74, 6) is -0.322. The molecular weight excluding hydrogens is 402 g/mol. The topological polar surface area (TPSA) is 73.2 Å². The molecule has 0 spiro atoms. The zero-order valence-electron chi connectivity index (χ0n) is 18.4. The van der Waals surface area contributed by atoms with Crippen LogP contribution in [-0.2, 0) is 24.1 Å². The van der Waals surface area contributed by atoms with Crippen LogP contribution in [0.15, 0.2) is 65.7 Å². The molecule has 0 radical (unpaired) electrons. The fourth-order valence-electron chi connectivity index (χ4n) is 4.23. The van der Waals surface area contributed by atoms with Crippen molar-refractivity contribution >= 4 is 5.91 Å². The maximum Gasteiger partial charge on any atom is 0.257 e. The van der Waals surface area contributed by atoms with Crippen LogP contribution < -0.4 is 10.7 Å². The summed E-state index contributed by atoms with van der Waals surface area (Å²) in [6.45, 7) is 3.65. The second-order valence-corrected chi connectivity index (χ2v) is 8.24. The van der Waals surface area contributed by atoms with E-state index < -0.39 is 0 Å². The third-order valence-electron chi connectivity index (χ3n) is 5.95. The van der Waals surface area contributed by atoms with Crippen LogP contribution in [0.3, 0.4) is 0 Å². The number of aromatic nitrogens is 2. The summed E-state index contributed by atoms with van der Waals surface area (Å²) in [6, 6.07) is 15.6. The van der Waals surface area contributed by atoms with E-state index >= 15 is 0 Å². The molecule has 2 aromatic heterocycles. The molecule has 0 unspecified atom stereocenters. The van der Waals surface area contributed by atoms with E-state index in [2.05, 4.69) is 27.0 Å². The summed E-state index contributed by atoms with van der Waals surface area (Å²) in [6.07, 6.45) is 6.81. The number of nitrogens with one attached hydrogen (secondary N) is 1. The fraction of sp³-hybridized carbons (Fsp3) is 0.346. The first-order chi connectivity index (χ1) is 15.6. The quantitative estimate of drug-likeness (QED) is 0.594. The Balaban J connectivity index is 1.68. The number of nitrogens with zero attached hydrogens (tertiary/aromatic N) is 2. The number of hydrogen-bond donors (Lipinski definition) is 1. The van der Waals surface area contributed by atoms with Crippen molar-refractivity contribution in [1.29, 1.82) is 0 Å². The molecule has 166 valence electrons. The lowest BCUT2D eigenvalue weighted by molar-refractivity contribution is 0.0855. The maximum absolute atomic E-state index is 13.2. The minimum atomic E-state index is -0.322. The van der Waals surface area contributed by atoms with Gasteiger partial charge in [0.2, 0.25) is 0 Å². The first kappa shape index (κ1) is 22.0. The predicted molar refractivity (Wildman–Crippen MR) is 124 cm³/mol. The number of ether oxygens (including phenoxy) is 1. The number of rotatable bonds is 8. The molecule has 1 fully saturated rings. The smallest absolute Gasteiger partial charge is 0.257 e. The lowest BCUT2D eigenvalue weighted by Crippen LogP contribution is -2.37. The first-order valence-electron chi connectivity index (χ1n) is 11.2. The highest BCUT2D eigenvalue weighted by Crippen LogP contribution is 2.16. The number of carbonyl (C=O) groups is 1. The molecule has 0 bridgehead atoms. The molecular formula is C26H29N3O3. The van der Waals surface area contributed by atoms with Crippen LogP contribution in [-0.4, -0.2) is 34.7 Å². The van der Waals surface area contributed by atoms with Crippen LogP contribution in [0.4, 0.5) is 0 Å². The number of benzene rings is 1. The molecule has 1 atom stereocenters. The zero-order valence-corrected chi connectivity index (χ0v) is 18.4. The van der Waals surface area contributed by atoms with Crippen molar-refractivity contribution in [3.05, 3.63) is 99.2 Å². The second-order valence-electron chi connectivity index (χ2n) is 8.24. The average molecular weight is 432 g/mol. The van der Waals surface area contributed by atoms with Gasteiger partial charge in [0, 0.05) is 49.5 Å². The molecule has 6 heteroatoms. The number of hydrogen-bond acceptors (Lipinski definition) is 4. The fourth-order valence-corrected chi connectivity index (χ4v) is 4.23. The van der Waals surface area contributed by atoms with Gasteiger partial charge in [-0.3, -0.25) is 14.6 Å². The molecule has 1 aliphatic rings. The summed E-state index contributed by atoms with van der Waals surface area (Å²) in [4.78, 5) is 30.3. The molecule has 6 nitrogen and oxygen atoms in total. The minimum absolute atomic E-state index is 0.0243. The van der Waals surface area contributed by atoms with Gasteiger partial charge in [0.25, 0.3) is 5.91 Å². The number of carbonyl (C=O) groups excluding carboxylic acids is 1. The average Bonchev–Trinajstić information content (AvgIpc) is 3.33. The van der Waals surface area contributed by atoms with Gasteiger partial charge < -0.3 is 14.6 Å². The van der Waals surface area contributed by atoms with Gasteiger partial charge in [-0.05, 0) is 55.9 Å². The van der Waals surface area contributed by atoms with Crippen molar-refractivity contribution in [2.45, 2.75) is 45.3 Å². The Morgan fingerprint density at radius 3 is 2.62 bits per heavy atom. The number of amides is 1. The van der Waals surface area contributed by atoms with Crippen LogP contribution in [0.5, 0.6) is 0 Å². The van der Waals surface area contributed by atoms with Gasteiger partial charge in [0.1, 0.15) is 5.56 Å². The molecule has 0 aliphatic carbocycles. The Morgan fingerprint density at radius 2 is 1.91 bits per heavy atom. The van der Waals surface area contributed by atoms with E-state index in [0.717, 1.165) is 42.8 Å². The van der Waals surface area contributed by atoms with E-state index in [0.29, 0.717) is 19.5 Å². The summed E-state index contributed by atoms with van der Waals surface area (Å²) in [5, 5.41) is 2.94. The molecule has 1 saturated heterocycles. The summed E-state index contributed by atoms with van der Waals surface area (Å²) in [5.41, 5.74) is 3.84. The Kier molecular flexibility index (Phi) is 7.12. The first-order valence-corrected chi connectivity index (χ1v) is 11.2. The largest absolute Gasteiger partial charge is 0.376 e. The molecule has 4 rings (SSSR count). The molecule has 0 saturated carbocycles. The molecule has 3 heterocycles. The normalized spacial score (nSPS) is 15.6. The zero-order chi connectivity index (χ0) is 22.3. The van der Waals surface area contributed by atoms with Crippen molar-refractivity contribution in [2.24, 2.45) is 0 Å². The predicted octanol–water partition coefficient (Wildman–Crippen LogP) is 3.29. The molecule has 3 aromatic rings. The molecule has 1 aliphatic heterocycles. The van der Waals surface area contributed by atoms with Crippen LogP contribution in [0, 0.1) is 6.92 Å². The highest BCUT2D eigenvalue weighted by molar-refractivity contribution is 5.95. The van der Waals surface area contributed by atoms with Gasteiger partial charge in [-0.2, -0.15) is 0 Å². The van der Waals surface area contributed by atoms with E-state index in [1.165, 1.54) is 5.56 Å². The van der Waals surface area contributed by atoms with E-state index in [1.807, 2.05) is 37.3 Å². The van der Waals surface area contributed by atoms with Crippen LogP contribution >= 0.6 is 0 Å². The highest BCUT2D eigenvalue weighted by atomic mass is 16.5. The SMILES string of the molecule is Cc1cc(=O)c(C(=O)NC[C@H]2CCCO2)c(CCc2ccccc2)n1Cc1ccncc1. The van der Waals surface area contributed by atoms with Crippen LogP contribution in [0.1, 0.15) is 45.7 Å². The lowest BCUT2D eigenvalue weighted by Gasteiger charge is -2.21. The van der Waals surface area contributed by atoms with Crippen molar-refractivity contribution in [3.63, 3.8) is 0 Å². The Labute approximate surface area is 188 Å². The van der Waals surface area contributed by atoms with Crippen molar-refractivity contribution < 1.29 is 9.53 Å². The van der Waals surface area contributed by atoms with E-state index in [4.69, 9.17) is 4.74 Å². The molecule has 32 heavy (non-hydrogen) atoms. The van der Waals surface area contributed by atoms with Gasteiger partial charge in [-0.25, -0.2) is 0 Å². The van der Waals surface area contributed by atoms with Crippen molar-refractivity contribution in [2.75, 3.05) is 13.2 Å². The van der Waals surface area contributed by atoms with Crippen molar-refractivity contribution in [3.8, 4) is 0 Å². The van der Waals surface area contributed by atoms with E-state index in [-0.39, 0.29) is 23.0 Å². The lowest BCUT2D eigenvalue weighted by atomic mass is 10.0. The minimum Gasteiger partial charge on any atom is -0.376 e. The molecule has 1 N–H and O–H groups in total. The number of aryl methyl sites for hydroxylation is 2. The van der Waals surface area contributed by atoms with Gasteiger partial charge in [-0.1, -0.05) is 30.3 Å². The Bertz CT molecular complexity index is 1100. The van der Waals surface area contributed by atoms with E-state index in [9.17, 15) is 9.59 Å². The van der Waals surface area contributed by atoms with Crippen LogP contribution in [0.25, 0.3) is 0 Å². The number of pyridine rings is 2. The summed E-state index contributed by atoms with van der Waals surface area (Å²) < 4.78 is 7.71. The third-order valence-corrected chi connectivity index (χ3v) is 5.95. The second kappa shape index (κ2) is 10.4. The molecule has 1 aromatic carbocycles. The third kappa shape index (κ3) is 5.32. The standard InChI is InChI=1S/C26H29N3O3/c1-19-16-24(30)25(26(31)28-17-22-8-5-15-32-22)23(10-9-20-6-3-2-4-7-20)29(19)18-21-11-13-27-14-12-21/h2-4,6-7,11-14,16,22H,5,8-10,15,17-18H2,1H3,(H,28,31)/t22-/m1/s1. The molecule has 1 amide bonds. The van der Waals surface area contributed by atoms with Gasteiger partial charge in [0.05, 0.1) is 6.10 Å². The van der Waals surface area contributed by atoms with Crippen molar-refractivity contribution in [1.82, 2.24) is 14.9 Å². The summed E-state index contributed by atoms with van der Waals surface area (Å²) in [7, 11) is 0. The summed E-state index contributed by atoms with van der Waals surface area (Å²) >= 11 is 0. The van der Waals surface area contributed by atoms with Gasteiger partial charge >= 0.3 is 0 Å². The maximum atomic E-state index is 13.2. The van der Waals surface area contributed by atoms with Gasteiger partial charge in [-0.15, -0.1) is 0 Å². The Morgan fingerprint density at radius 1 is 1.12 bits per heavy atom. The van der Waals surface area contributed by atoms with E-state index in [1.54, 1.807) is 18.5 Å². The highest BCUT2D eigenvalue weighted by Gasteiger charge is 2.22. The van der Waals surface area contributed by atoms with Gasteiger partial charge in [0.15, 0.2) is 5.43 Å².